The van der Waals surface area contributed by atoms with Crippen LogP contribution in [-0.2, 0) is 4.79 Å². The van der Waals surface area contributed by atoms with Crippen molar-refractivity contribution in [1.82, 2.24) is 4.90 Å². The molecule has 2 nitrogen and oxygen atoms in total. The summed E-state index contributed by atoms with van der Waals surface area (Å²) in [5.41, 5.74) is 0. The lowest BCUT2D eigenvalue weighted by Gasteiger charge is -2.30. The number of carbonyl (C=O) groups excluding carboxylic acids is 1. The molecule has 0 bridgehead atoms. The Bertz CT molecular complexity index is 203. The molecule has 1 saturated carbocycles. The molecular formula is C13H25NO. The highest BCUT2D eigenvalue weighted by atomic mass is 16.1. The maximum atomic E-state index is 11.8. The summed E-state index contributed by atoms with van der Waals surface area (Å²) < 4.78 is 0. The third-order valence-electron chi connectivity index (χ3n) is 3.64. The van der Waals surface area contributed by atoms with E-state index in [2.05, 4.69) is 25.8 Å². The number of hydrogen-bond donors (Lipinski definition) is 0. The third kappa shape index (κ3) is 3.94. The molecule has 1 aliphatic rings. The highest BCUT2D eigenvalue weighted by molar-refractivity contribution is 5.81. The molecule has 1 aliphatic carbocycles. The van der Waals surface area contributed by atoms with Crippen LogP contribution in [0.1, 0.15) is 46.0 Å². The summed E-state index contributed by atoms with van der Waals surface area (Å²) in [4.78, 5) is 14.0. The van der Waals surface area contributed by atoms with Gasteiger partial charge in [0, 0.05) is 18.9 Å². The zero-order chi connectivity index (χ0) is 11.3. The molecule has 0 saturated heterocycles. The largest absolute Gasteiger partial charge is 0.306 e. The first kappa shape index (κ1) is 12.7. The summed E-state index contributed by atoms with van der Waals surface area (Å²) in [6.45, 7) is 6.40. The predicted molar refractivity (Wildman–Crippen MR) is 63.9 cm³/mol. The van der Waals surface area contributed by atoms with E-state index in [0.29, 0.717) is 11.7 Å². The molecule has 0 N–H and O–H groups in total. The minimum Gasteiger partial charge on any atom is -0.306 e. The second-order valence-electron chi connectivity index (χ2n) is 4.95. The smallest absolute Gasteiger partial charge is 0.137 e. The first-order valence-corrected chi connectivity index (χ1v) is 6.38. The first-order chi connectivity index (χ1) is 7.17. The zero-order valence-electron chi connectivity index (χ0n) is 10.5. The molecule has 0 amide bonds. The van der Waals surface area contributed by atoms with Crippen LogP contribution >= 0.6 is 0 Å². The first-order valence-electron chi connectivity index (χ1n) is 6.38. The molecule has 2 unspecified atom stereocenters. The topological polar surface area (TPSA) is 20.3 Å². The fraction of sp³-hybridized carbons (Fsp3) is 0.923. The second-order valence-corrected chi connectivity index (χ2v) is 4.95. The fourth-order valence-corrected chi connectivity index (χ4v) is 2.55. The van der Waals surface area contributed by atoms with Crippen LogP contribution in [0.15, 0.2) is 0 Å². The van der Waals surface area contributed by atoms with Crippen molar-refractivity contribution < 1.29 is 4.79 Å². The standard InChI is InChI=1S/C13H25NO/c1-4-6-11-7-8-13(15)12(9-11)10-14(3)5-2/h11-12H,4-10H2,1-3H3. The van der Waals surface area contributed by atoms with Crippen LogP contribution in [0.5, 0.6) is 0 Å². The number of Topliss-reactive ketones (excluding diaryl/α,β-unsaturated/α-hetero) is 1. The average molecular weight is 211 g/mol. The lowest BCUT2D eigenvalue weighted by atomic mass is 9.78. The van der Waals surface area contributed by atoms with Gasteiger partial charge >= 0.3 is 0 Å². The Morgan fingerprint density at radius 1 is 1.40 bits per heavy atom. The summed E-state index contributed by atoms with van der Waals surface area (Å²) in [5, 5.41) is 0. The molecule has 0 heterocycles. The number of hydrogen-bond acceptors (Lipinski definition) is 2. The lowest BCUT2D eigenvalue weighted by molar-refractivity contribution is -0.126. The molecule has 15 heavy (non-hydrogen) atoms. The molecule has 1 fully saturated rings. The van der Waals surface area contributed by atoms with Crippen molar-refractivity contribution in [3.05, 3.63) is 0 Å². The van der Waals surface area contributed by atoms with Crippen LogP contribution in [0.4, 0.5) is 0 Å². The predicted octanol–water partition coefficient (Wildman–Crippen LogP) is 2.72. The van der Waals surface area contributed by atoms with Gasteiger partial charge in [-0.3, -0.25) is 4.79 Å². The van der Waals surface area contributed by atoms with Gasteiger partial charge in [-0.25, -0.2) is 0 Å². The van der Waals surface area contributed by atoms with Crippen molar-refractivity contribution in [2.75, 3.05) is 20.1 Å². The lowest BCUT2D eigenvalue weighted by Crippen LogP contribution is -2.34. The van der Waals surface area contributed by atoms with E-state index < -0.39 is 0 Å². The van der Waals surface area contributed by atoms with Gasteiger partial charge in [-0.15, -0.1) is 0 Å². The van der Waals surface area contributed by atoms with Crippen LogP contribution < -0.4 is 0 Å². The van der Waals surface area contributed by atoms with Gasteiger partial charge in [-0.05, 0) is 32.4 Å². The third-order valence-corrected chi connectivity index (χ3v) is 3.64. The Labute approximate surface area is 94.0 Å². The van der Waals surface area contributed by atoms with Gasteiger partial charge in [0.1, 0.15) is 5.78 Å². The monoisotopic (exact) mass is 211 g/mol. The maximum absolute atomic E-state index is 11.8. The van der Waals surface area contributed by atoms with E-state index in [1.165, 1.54) is 12.8 Å². The zero-order valence-corrected chi connectivity index (χ0v) is 10.5. The maximum Gasteiger partial charge on any atom is 0.137 e. The van der Waals surface area contributed by atoms with E-state index in [1.807, 2.05) is 0 Å². The molecular weight excluding hydrogens is 186 g/mol. The van der Waals surface area contributed by atoms with Gasteiger partial charge in [-0.2, -0.15) is 0 Å². The van der Waals surface area contributed by atoms with Crippen LogP contribution in [0.2, 0.25) is 0 Å². The molecule has 1 rings (SSSR count). The molecule has 0 aromatic heterocycles. The summed E-state index contributed by atoms with van der Waals surface area (Å²) in [6, 6.07) is 0. The van der Waals surface area contributed by atoms with Gasteiger partial charge in [0.05, 0.1) is 0 Å². The quantitative estimate of drug-likeness (QED) is 0.697. The summed E-state index contributed by atoms with van der Waals surface area (Å²) in [5.74, 6) is 1.63. The van der Waals surface area contributed by atoms with Crippen molar-refractivity contribution in [1.29, 1.82) is 0 Å². The van der Waals surface area contributed by atoms with Gasteiger partial charge < -0.3 is 4.90 Å². The molecule has 2 atom stereocenters. The van der Waals surface area contributed by atoms with Crippen molar-refractivity contribution >= 4 is 5.78 Å². The molecule has 0 aliphatic heterocycles. The summed E-state index contributed by atoms with van der Waals surface area (Å²) in [7, 11) is 2.11. The van der Waals surface area contributed by atoms with E-state index >= 15 is 0 Å². The van der Waals surface area contributed by atoms with Gasteiger partial charge in [0.25, 0.3) is 0 Å². The molecule has 88 valence electrons. The molecule has 2 heteroatoms. The number of nitrogens with zero attached hydrogens (tertiary/aromatic N) is 1. The van der Waals surface area contributed by atoms with Crippen LogP contribution in [-0.4, -0.2) is 30.8 Å². The fourth-order valence-electron chi connectivity index (χ4n) is 2.55. The van der Waals surface area contributed by atoms with Crippen molar-refractivity contribution in [3.8, 4) is 0 Å². The molecule has 0 aromatic carbocycles. The van der Waals surface area contributed by atoms with E-state index in [9.17, 15) is 4.79 Å². The number of rotatable bonds is 5. The van der Waals surface area contributed by atoms with Crippen molar-refractivity contribution in [2.24, 2.45) is 11.8 Å². The summed E-state index contributed by atoms with van der Waals surface area (Å²) >= 11 is 0. The van der Waals surface area contributed by atoms with Crippen LogP contribution in [0.3, 0.4) is 0 Å². The van der Waals surface area contributed by atoms with Crippen LogP contribution in [0.25, 0.3) is 0 Å². The number of ketones is 1. The van der Waals surface area contributed by atoms with Gasteiger partial charge in [0.2, 0.25) is 0 Å². The highest BCUT2D eigenvalue weighted by Gasteiger charge is 2.28. The SMILES string of the molecule is CCCC1CCC(=O)C(CN(C)CC)C1. The Hall–Kier alpha value is -0.370. The molecule has 0 radical (unpaired) electrons. The van der Waals surface area contributed by atoms with E-state index in [1.54, 1.807) is 0 Å². The minimum absolute atomic E-state index is 0.320. The normalized spacial score (nSPS) is 27.3. The van der Waals surface area contributed by atoms with Gasteiger partial charge in [0.15, 0.2) is 0 Å². The summed E-state index contributed by atoms with van der Waals surface area (Å²) in [6.07, 6.45) is 5.66. The van der Waals surface area contributed by atoms with E-state index in [0.717, 1.165) is 38.3 Å². The van der Waals surface area contributed by atoms with E-state index in [4.69, 9.17) is 0 Å². The molecule has 0 spiro atoms. The Kier molecular flexibility index (Phi) is 5.30. The minimum atomic E-state index is 0.320. The molecule has 0 aromatic rings. The Balaban J connectivity index is 2.42. The van der Waals surface area contributed by atoms with Crippen LogP contribution in [0, 0.1) is 11.8 Å². The number of carbonyl (C=O) groups is 1. The van der Waals surface area contributed by atoms with Crippen molar-refractivity contribution in [2.45, 2.75) is 46.0 Å². The Morgan fingerprint density at radius 3 is 2.73 bits per heavy atom. The highest BCUT2D eigenvalue weighted by Crippen LogP contribution is 2.29. The van der Waals surface area contributed by atoms with Crippen molar-refractivity contribution in [3.63, 3.8) is 0 Å². The van der Waals surface area contributed by atoms with Gasteiger partial charge in [-0.1, -0.05) is 26.7 Å². The second kappa shape index (κ2) is 6.26. The average Bonchev–Trinajstić information content (AvgIpc) is 2.23. The Morgan fingerprint density at radius 2 is 2.13 bits per heavy atom. The van der Waals surface area contributed by atoms with E-state index in [-0.39, 0.29) is 0 Å².